The number of Topliss-reactive ketones (excluding diaryl/α,β-unsaturated/α-hetero) is 1. The molecule has 0 fully saturated rings. The molecule has 0 aliphatic heterocycles. The standard InChI is InChI=1S/C37H70NO10P/c1-4-6-8-10-12-14-16-18-20-22-24-26-36(41)45-31-34(32-47-49(43,44)46-29-28-38-35(40)30-33(3)39)48-37(42)27-25-23-21-19-17-15-13-11-9-7-5-2/h34H,4-32H2,1-3H3,(H,38,40)(H,43,44)/t34-/m1/s1. The fourth-order valence-electron chi connectivity index (χ4n) is 5.34. The first-order valence-electron chi connectivity index (χ1n) is 19.3. The largest absolute Gasteiger partial charge is 0.472 e. The molecule has 0 spiro atoms. The lowest BCUT2D eigenvalue weighted by molar-refractivity contribution is -0.161. The maximum atomic E-state index is 12.6. The molecule has 0 radical (unpaired) electrons. The molecule has 0 saturated carbocycles. The zero-order valence-electron chi connectivity index (χ0n) is 31.2. The molecule has 0 saturated heterocycles. The van der Waals surface area contributed by atoms with Gasteiger partial charge in [-0.3, -0.25) is 28.2 Å². The number of hydrogen-bond donors (Lipinski definition) is 2. The van der Waals surface area contributed by atoms with Gasteiger partial charge in [-0.15, -0.1) is 0 Å². The van der Waals surface area contributed by atoms with Crippen molar-refractivity contribution in [1.29, 1.82) is 0 Å². The van der Waals surface area contributed by atoms with Crippen LogP contribution in [0.1, 0.15) is 181 Å². The summed E-state index contributed by atoms with van der Waals surface area (Å²) in [6.45, 7) is 4.46. The van der Waals surface area contributed by atoms with Crippen LogP contribution in [0, 0.1) is 0 Å². The number of nitrogens with one attached hydrogen (secondary N) is 1. The van der Waals surface area contributed by atoms with E-state index in [4.69, 9.17) is 18.5 Å². The monoisotopic (exact) mass is 719 g/mol. The number of phosphoric ester groups is 1. The molecule has 12 heteroatoms. The maximum absolute atomic E-state index is 12.6. The Hall–Kier alpha value is -1.81. The summed E-state index contributed by atoms with van der Waals surface area (Å²) in [5.41, 5.74) is 0. The van der Waals surface area contributed by atoms with Crippen molar-refractivity contribution in [2.24, 2.45) is 0 Å². The minimum absolute atomic E-state index is 0.103. The van der Waals surface area contributed by atoms with Crippen molar-refractivity contribution in [3.63, 3.8) is 0 Å². The number of phosphoric acid groups is 1. The summed E-state index contributed by atoms with van der Waals surface area (Å²) in [5, 5.41) is 2.40. The van der Waals surface area contributed by atoms with Crippen LogP contribution in [0.4, 0.5) is 0 Å². The highest BCUT2D eigenvalue weighted by Gasteiger charge is 2.26. The van der Waals surface area contributed by atoms with Gasteiger partial charge in [0.2, 0.25) is 5.91 Å². The lowest BCUT2D eigenvalue weighted by Gasteiger charge is -2.20. The first-order chi connectivity index (χ1) is 23.6. The van der Waals surface area contributed by atoms with Crippen LogP contribution in [-0.4, -0.2) is 61.0 Å². The van der Waals surface area contributed by atoms with Crippen LogP contribution in [-0.2, 0) is 42.3 Å². The van der Waals surface area contributed by atoms with Gasteiger partial charge in [-0.25, -0.2) is 4.57 Å². The third kappa shape index (κ3) is 34.4. The van der Waals surface area contributed by atoms with Gasteiger partial charge in [0.05, 0.1) is 19.6 Å². The Morgan fingerprint density at radius 3 is 1.49 bits per heavy atom. The van der Waals surface area contributed by atoms with E-state index in [9.17, 15) is 28.6 Å². The van der Waals surface area contributed by atoms with Crippen molar-refractivity contribution in [3.8, 4) is 0 Å². The minimum atomic E-state index is -4.56. The quantitative estimate of drug-likeness (QED) is 0.0277. The molecular formula is C37H70NO10P. The second-order valence-electron chi connectivity index (χ2n) is 13.2. The van der Waals surface area contributed by atoms with E-state index in [0.717, 1.165) is 38.5 Å². The number of unbranched alkanes of at least 4 members (excludes halogenated alkanes) is 20. The Labute approximate surface area is 297 Å². The number of amides is 1. The van der Waals surface area contributed by atoms with Gasteiger partial charge >= 0.3 is 19.8 Å². The van der Waals surface area contributed by atoms with Crippen molar-refractivity contribution in [2.75, 3.05) is 26.4 Å². The van der Waals surface area contributed by atoms with Gasteiger partial charge in [0.1, 0.15) is 12.4 Å². The molecular weight excluding hydrogens is 649 g/mol. The van der Waals surface area contributed by atoms with Crippen LogP contribution in [0.3, 0.4) is 0 Å². The average molecular weight is 720 g/mol. The summed E-state index contributed by atoms with van der Waals surface area (Å²) in [5.74, 6) is -1.75. The van der Waals surface area contributed by atoms with Crippen molar-refractivity contribution >= 4 is 31.5 Å². The van der Waals surface area contributed by atoms with Crippen LogP contribution >= 0.6 is 7.82 Å². The Kier molecular flexibility index (Phi) is 32.1. The minimum Gasteiger partial charge on any atom is -0.462 e. The molecule has 0 aromatic heterocycles. The van der Waals surface area contributed by atoms with E-state index < -0.39 is 38.4 Å². The van der Waals surface area contributed by atoms with E-state index in [0.29, 0.717) is 12.8 Å². The van der Waals surface area contributed by atoms with E-state index in [1.165, 1.54) is 96.8 Å². The molecule has 49 heavy (non-hydrogen) atoms. The number of hydrogen-bond acceptors (Lipinski definition) is 9. The fourth-order valence-corrected chi connectivity index (χ4v) is 6.09. The van der Waals surface area contributed by atoms with E-state index in [-0.39, 0.29) is 44.8 Å². The van der Waals surface area contributed by atoms with Crippen LogP contribution in [0.25, 0.3) is 0 Å². The predicted octanol–water partition coefficient (Wildman–Crippen LogP) is 9.07. The molecule has 0 rings (SSSR count). The molecule has 1 unspecified atom stereocenters. The predicted molar refractivity (Wildman–Crippen MR) is 193 cm³/mol. The number of ketones is 1. The van der Waals surface area contributed by atoms with Gasteiger partial charge in [-0.05, 0) is 19.8 Å². The highest BCUT2D eigenvalue weighted by molar-refractivity contribution is 7.47. The van der Waals surface area contributed by atoms with Gasteiger partial charge in [0, 0.05) is 19.4 Å². The summed E-state index contributed by atoms with van der Waals surface area (Å²) >= 11 is 0. The van der Waals surface area contributed by atoms with Gasteiger partial charge in [-0.2, -0.15) is 0 Å². The van der Waals surface area contributed by atoms with Gasteiger partial charge in [0.25, 0.3) is 0 Å². The summed E-state index contributed by atoms with van der Waals surface area (Å²) < 4.78 is 33.1. The summed E-state index contributed by atoms with van der Waals surface area (Å²) in [6.07, 6.45) is 24.6. The van der Waals surface area contributed by atoms with E-state index in [1.54, 1.807) is 0 Å². The average Bonchev–Trinajstić information content (AvgIpc) is 3.05. The Balaban J connectivity index is 4.53. The molecule has 0 aliphatic carbocycles. The number of esters is 2. The molecule has 1 amide bonds. The van der Waals surface area contributed by atoms with Crippen molar-refractivity contribution in [1.82, 2.24) is 5.32 Å². The van der Waals surface area contributed by atoms with Crippen LogP contribution < -0.4 is 5.32 Å². The molecule has 0 aromatic rings. The highest BCUT2D eigenvalue weighted by Crippen LogP contribution is 2.43. The molecule has 0 heterocycles. The first kappa shape index (κ1) is 47.2. The topological polar surface area (TPSA) is 155 Å². The second-order valence-corrected chi connectivity index (χ2v) is 14.6. The van der Waals surface area contributed by atoms with Crippen molar-refractivity contribution in [2.45, 2.75) is 187 Å². The van der Waals surface area contributed by atoms with Gasteiger partial charge < -0.3 is 19.7 Å². The zero-order chi connectivity index (χ0) is 36.4. The van der Waals surface area contributed by atoms with E-state index in [1.807, 2.05) is 0 Å². The summed E-state index contributed by atoms with van der Waals surface area (Å²) in [6, 6.07) is 0. The molecule has 11 nitrogen and oxygen atoms in total. The lowest BCUT2D eigenvalue weighted by Crippen LogP contribution is -2.30. The number of rotatable bonds is 36. The zero-order valence-corrected chi connectivity index (χ0v) is 32.0. The summed E-state index contributed by atoms with van der Waals surface area (Å²) in [7, 11) is -4.56. The normalized spacial score (nSPS) is 13.1. The molecule has 288 valence electrons. The lowest BCUT2D eigenvalue weighted by atomic mass is 10.1. The first-order valence-corrected chi connectivity index (χ1v) is 20.8. The smallest absolute Gasteiger partial charge is 0.462 e. The van der Waals surface area contributed by atoms with E-state index >= 15 is 0 Å². The van der Waals surface area contributed by atoms with Crippen LogP contribution in [0.5, 0.6) is 0 Å². The highest BCUT2D eigenvalue weighted by atomic mass is 31.2. The van der Waals surface area contributed by atoms with Crippen molar-refractivity contribution in [3.05, 3.63) is 0 Å². The third-order valence-corrected chi connectivity index (χ3v) is 9.19. The molecule has 2 atom stereocenters. The van der Waals surface area contributed by atoms with E-state index in [2.05, 4.69) is 19.2 Å². The third-order valence-electron chi connectivity index (χ3n) is 8.21. The second kappa shape index (κ2) is 33.3. The Bertz CT molecular complexity index is 900. The SMILES string of the molecule is CCCCCCCCCCCCCC(=O)OC[C@H](COP(=O)(O)OCCNC(=O)CC(C)=O)OC(=O)CCCCCCCCCCCCC. The number of carbonyl (C=O) groups excluding carboxylic acids is 4. The van der Waals surface area contributed by atoms with Crippen molar-refractivity contribution < 1.29 is 47.2 Å². The van der Waals surface area contributed by atoms with Gasteiger partial charge in [0.15, 0.2) is 6.10 Å². The van der Waals surface area contributed by atoms with Crippen LogP contribution in [0.15, 0.2) is 0 Å². The van der Waals surface area contributed by atoms with Gasteiger partial charge in [-0.1, -0.05) is 142 Å². The Morgan fingerprint density at radius 1 is 0.612 bits per heavy atom. The van der Waals surface area contributed by atoms with Crippen LogP contribution in [0.2, 0.25) is 0 Å². The molecule has 2 N–H and O–H groups in total. The number of carbonyl (C=O) groups is 4. The summed E-state index contributed by atoms with van der Waals surface area (Å²) in [4.78, 5) is 57.6. The molecule has 0 aliphatic rings. The molecule has 0 aromatic carbocycles. The fraction of sp³-hybridized carbons (Fsp3) is 0.892. The molecule has 0 bridgehead atoms. The Morgan fingerprint density at radius 2 is 1.04 bits per heavy atom. The number of ether oxygens (including phenoxy) is 2. The maximum Gasteiger partial charge on any atom is 0.472 e.